The van der Waals surface area contributed by atoms with Crippen molar-refractivity contribution in [3.8, 4) is 0 Å². The van der Waals surface area contributed by atoms with Gasteiger partial charge in [-0.25, -0.2) is 9.37 Å². The van der Waals surface area contributed by atoms with Gasteiger partial charge in [-0.3, -0.25) is 14.5 Å². The monoisotopic (exact) mass is 302 g/mol. The molecule has 0 bridgehead atoms. The zero-order chi connectivity index (χ0) is 16.1. The van der Waals surface area contributed by atoms with Crippen molar-refractivity contribution in [3.05, 3.63) is 59.5 Å². The predicted octanol–water partition coefficient (Wildman–Crippen LogP) is 2.65. The second-order valence-electron chi connectivity index (χ2n) is 4.80. The van der Waals surface area contributed by atoms with Crippen molar-refractivity contribution in [2.24, 2.45) is 0 Å². The zero-order valence-corrected chi connectivity index (χ0v) is 12.0. The molecule has 0 spiro atoms. The number of nitrogens with zero attached hydrogens (tertiary/aromatic N) is 2. The average Bonchev–Trinajstić information content (AvgIpc) is 2.49. The highest BCUT2D eigenvalue weighted by molar-refractivity contribution is 6.05. The standard InChI is InChI=1S/C16H15FN2O3/c1-11-2-7-14(18-10-11)19(9-8-15(20)21)16(22)12-3-5-13(17)6-4-12/h2-7,10H,8-9H2,1H3,(H,20,21). The molecular formula is C16H15FN2O3. The highest BCUT2D eigenvalue weighted by Gasteiger charge is 2.19. The lowest BCUT2D eigenvalue weighted by atomic mass is 10.2. The van der Waals surface area contributed by atoms with Crippen LogP contribution in [0.5, 0.6) is 0 Å². The quantitative estimate of drug-likeness (QED) is 0.921. The third-order valence-corrected chi connectivity index (χ3v) is 3.06. The first kappa shape index (κ1) is 15.6. The van der Waals surface area contributed by atoms with E-state index in [1.807, 2.05) is 6.92 Å². The van der Waals surface area contributed by atoms with Gasteiger partial charge in [0, 0.05) is 18.3 Å². The molecule has 0 fully saturated rings. The third kappa shape index (κ3) is 3.88. The van der Waals surface area contributed by atoms with Gasteiger partial charge in [0.25, 0.3) is 5.91 Å². The topological polar surface area (TPSA) is 70.5 Å². The van der Waals surface area contributed by atoms with Gasteiger partial charge >= 0.3 is 5.97 Å². The first-order valence-electron chi connectivity index (χ1n) is 6.69. The maximum absolute atomic E-state index is 13.0. The molecule has 22 heavy (non-hydrogen) atoms. The summed E-state index contributed by atoms with van der Waals surface area (Å²) >= 11 is 0. The number of rotatable bonds is 5. The molecule has 1 N–H and O–H groups in total. The fraction of sp³-hybridized carbons (Fsp3) is 0.188. The molecule has 0 atom stereocenters. The number of aryl methyl sites for hydroxylation is 1. The summed E-state index contributed by atoms with van der Waals surface area (Å²) in [5.74, 6) is -1.51. The van der Waals surface area contributed by atoms with Crippen molar-refractivity contribution < 1.29 is 19.1 Å². The van der Waals surface area contributed by atoms with Gasteiger partial charge in [0.2, 0.25) is 0 Å². The van der Waals surface area contributed by atoms with Crippen molar-refractivity contribution in [1.29, 1.82) is 0 Å². The molecule has 1 amide bonds. The zero-order valence-electron chi connectivity index (χ0n) is 12.0. The fourth-order valence-corrected chi connectivity index (χ4v) is 1.90. The number of halogens is 1. The number of hydrogen-bond donors (Lipinski definition) is 1. The van der Waals surface area contributed by atoms with E-state index in [0.29, 0.717) is 5.82 Å². The van der Waals surface area contributed by atoms with Crippen LogP contribution in [-0.4, -0.2) is 28.5 Å². The molecule has 0 aliphatic carbocycles. The Morgan fingerprint density at radius 1 is 1.18 bits per heavy atom. The number of carbonyl (C=O) groups is 2. The van der Waals surface area contributed by atoms with E-state index in [-0.39, 0.29) is 18.5 Å². The van der Waals surface area contributed by atoms with Crippen molar-refractivity contribution >= 4 is 17.7 Å². The van der Waals surface area contributed by atoms with Gasteiger partial charge in [-0.2, -0.15) is 0 Å². The Morgan fingerprint density at radius 2 is 1.86 bits per heavy atom. The molecule has 0 saturated heterocycles. The summed E-state index contributed by atoms with van der Waals surface area (Å²) in [4.78, 5) is 28.7. The normalized spacial score (nSPS) is 10.3. The fourth-order valence-electron chi connectivity index (χ4n) is 1.90. The molecule has 0 radical (unpaired) electrons. The van der Waals surface area contributed by atoms with Gasteiger partial charge < -0.3 is 5.11 Å². The lowest BCUT2D eigenvalue weighted by Gasteiger charge is -2.21. The Morgan fingerprint density at radius 3 is 2.41 bits per heavy atom. The van der Waals surface area contributed by atoms with Gasteiger partial charge in [0.1, 0.15) is 11.6 Å². The number of carbonyl (C=O) groups excluding carboxylic acids is 1. The number of hydrogen-bond acceptors (Lipinski definition) is 3. The lowest BCUT2D eigenvalue weighted by molar-refractivity contribution is -0.136. The highest BCUT2D eigenvalue weighted by atomic mass is 19.1. The van der Waals surface area contributed by atoms with Crippen LogP contribution < -0.4 is 4.90 Å². The Bertz CT molecular complexity index is 669. The van der Waals surface area contributed by atoms with Crippen molar-refractivity contribution in [2.45, 2.75) is 13.3 Å². The van der Waals surface area contributed by atoms with E-state index in [0.717, 1.165) is 5.56 Å². The molecule has 0 saturated carbocycles. The smallest absolute Gasteiger partial charge is 0.305 e. The first-order chi connectivity index (χ1) is 10.5. The minimum absolute atomic E-state index is 0.0123. The number of carboxylic acid groups (broad SMARTS) is 1. The lowest BCUT2D eigenvalue weighted by Crippen LogP contribution is -2.33. The summed E-state index contributed by atoms with van der Waals surface area (Å²) < 4.78 is 13.0. The third-order valence-electron chi connectivity index (χ3n) is 3.06. The summed E-state index contributed by atoms with van der Waals surface area (Å²) in [6, 6.07) is 8.53. The van der Waals surface area contributed by atoms with E-state index in [2.05, 4.69) is 4.98 Å². The van der Waals surface area contributed by atoms with Crippen LogP contribution in [0.25, 0.3) is 0 Å². The summed E-state index contributed by atoms with van der Waals surface area (Å²) in [5, 5.41) is 8.83. The summed E-state index contributed by atoms with van der Waals surface area (Å²) in [6.07, 6.45) is 1.39. The van der Waals surface area contributed by atoms with Crippen LogP contribution in [-0.2, 0) is 4.79 Å². The molecule has 0 aliphatic rings. The molecule has 2 aromatic rings. The average molecular weight is 302 g/mol. The molecular weight excluding hydrogens is 287 g/mol. The van der Waals surface area contributed by atoms with Gasteiger partial charge in [0.05, 0.1) is 6.42 Å². The number of carboxylic acids is 1. The number of amides is 1. The summed E-state index contributed by atoms with van der Waals surface area (Å²) in [6.45, 7) is 1.85. The molecule has 114 valence electrons. The number of benzene rings is 1. The predicted molar refractivity (Wildman–Crippen MR) is 79.3 cm³/mol. The highest BCUT2D eigenvalue weighted by Crippen LogP contribution is 2.16. The van der Waals surface area contributed by atoms with E-state index in [4.69, 9.17) is 5.11 Å². The minimum atomic E-state index is -1.01. The van der Waals surface area contributed by atoms with Gasteiger partial charge in [0.15, 0.2) is 0 Å². The van der Waals surface area contributed by atoms with Gasteiger partial charge in [-0.05, 0) is 42.8 Å². The van der Waals surface area contributed by atoms with E-state index in [1.54, 1.807) is 18.3 Å². The van der Waals surface area contributed by atoms with E-state index in [9.17, 15) is 14.0 Å². The van der Waals surface area contributed by atoms with Gasteiger partial charge in [-0.1, -0.05) is 6.07 Å². The molecule has 2 rings (SSSR count). The first-order valence-corrected chi connectivity index (χ1v) is 6.69. The molecule has 6 heteroatoms. The van der Waals surface area contributed by atoms with Crippen molar-refractivity contribution in [1.82, 2.24) is 4.98 Å². The number of aromatic nitrogens is 1. The molecule has 1 aromatic carbocycles. The second kappa shape index (κ2) is 6.80. The number of aliphatic carboxylic acids is 1. The number of anilines is 1. The van der Waals surface area contributed by atoms with Crippen molar-refractivity contribution in [2.75, 3.05) is 11.4 Å². The van der Waals surface area contributed by atoms with E-state index < -0.39 is 17.7 Å². The maximum Gasteiger partial charge on any atom is 0.305 e. The van der Waals surface area contributed by atoms with Crippen LogP contribution in [0, 0.1) is 12.7 Å². The molecule has 1 aromatic heterocycles. The van der Waals surface area contributed by atoms with Crippen LogP contribution in [0.3, 0.4) is 0 Å². The molecule has 0 unspecified atom stereocenters. The molecule has 5 nitrogen and oxygen atoms in total. The Labute approximate surface area is 127 Å². The van der Waals surface area contributed by atoms with Crippen LogP contribution >= 0.6 is 0 Å². The van der Waals surface area contributed by atoms with Crippen LogP contribution in [0.2, 0.25) is 0 Å². The van der Waals surface area contributed by atoms with Crippen LogP contribution in [0.4, 0.5) is 10.2 Å². The maximum atomic E-state index is 13.0. The van der Waals surface area contributed by atoms with Crippen molar-refractivity contribution in [3.63, 3.8) is 0 Å². The van der Waals surface area contributed by atoms with E-state index >= 15 is 0 Å². The van der Waals surface area contributed by atoms with E-state index in [1.165, 1.54) is 29.2 Å². The van der Waals surface area contributed by atoms with Crippen LogP contribution in [0.15, 0.2) is 42.6 Å². The second-order valence-corrected chi connectivity index (χ2v) is 4.80. The Kier molecular flexibility index (Phi) is 4.83. The Balaban J connectivity index is 2.30. The number of pyridine rings is 1. The molecule has 0 aliphatic heterocycles. The largest absolute Gasteiger partial charge is 0.481 e. The summed E-state index contributed by atoms with van der Waals surface area (Å²) in [7, 11) is 0. The van der Waals surface area contributed by atoms with Gasteiger partial charge in [-0.15, -0.1) is 0 Å². The Hall–Kier alpha value is -2.76. The summed E-state index contributed by atoms with van der Waals surface area (Å²) in [5.41, 5.74) is 1.20. The minimum Gasteiger partial charge on any atom is -0.481 e. The molecule has 1 heterocycles. The van der Waals surface area contributed by atoms with Crippen LogP contribution in [0.1, 0.15) is 22.3 Å². The SMILES string of the molecule is Cc1ccc(N(CCC(=O)O)C(=O)c2ccc(F)cc2)nc1.